The van der Waals surface area contributed by atoms with Gasteiger partial charge in [0.05, 0.1) is 26.9 Å². The molecule has 0 aromatic heterocycles. The summed E-state index contributed by atoms with van der Waals surface area (Å²) in [5, 5.41) is 3.26. The van der Waals surface area contributed by atoms with Crippen molar-refractivity contribution in [2.24, 2.45) is 17.6 Å². The van der Waals surface area contributed by atoms with Crippen LogP contribution in [-0.4, -0.2) is 39.8 Å². The van der Waals surface area contributed by atoms with E-state index in [4.69, 9.17) is 24.7 Å². The van der Waals surface area contributed by atoms with E-state index in [1.807, 2.05) is 24.3 Å². The minimum absolute atomic E-state index is 0. The molecule has 0 heterocycles. The van der Waals surface area contributed by atoms with Crippen LogP contribution < -0.4 is 30.0 Å². The van der Waals surface area contributed by atoms with E-state index >= 15 is 0 Å². The van der Waals surface area contributed by atoms with E-state index in [1.54, 1.807) is 6.07 Å². The molecule has 0 spiro atoms. The Bertz CT molecular complexity index is 982. The summed E-state index contributed by atoms with van der Waals surface area (Å²) in [7, 11) is 4.58. The molecule has 0 radical (unpaired) electrons. The molecule has 2 aliphatic rings. The molecule has 0 unspecified atom stereocenters. The van der Waals surface area contributed by atoms with Crippen LogP contribution >= 0.6 is 12.4 Å². The molecule has 2 aliphatic carbocycles. The average Bonchev–Trinajstić information content (AvgIpc) is 3.44. The normalized spacial score (nSPS) is 20.8. The second-order valence-electron chi connectivity index (χ2n) is 8.82. The molecule has 3 N–H and O–H groups in total. The average molecular weight is 491 g/mol. The molecule has 8 heteroatoms. The number of hydrogen-bond donors (Lipinski definition) is 2. The molecule has 2 fully saturated rings. The predicted molar refractivity (Wildman–Crippen MR) is 134 cm³/mol. The third kappa shape index (κ3) is 5.20. The Hall–Kier alpha value is -2.64. The Morgan fingerprint density at radius 1 is 0.971 bits per heavy atom. The number of halogens is 1. The molecule has 0 aliphatic heterocycles. The summed E-state index contributed by atoms with van der Waals surface area (Å²) in [5.41, 5.74) is 7.14. The van der Waals surface area contributed by atoms with Crippen molar-refractivity contribution in [1.82, 2.24) is 5.32 Å². The third-order valence-electron chi connectivity index (χ3n) is 7.00. The fourth-order valence-electron chi connectivity index (χ4n) is 5.43. The second kappa shape index (κ2) is 11.7. The smallest absolute Gasteiger partial charge is 0.255 e. The third-order valence-corrected chi connectivity index (χ3v) is 7.00. The minimum Gasteiger partial charge on any atom is -0.492 e. The number of nitrogens with one attached hydrogen (secondary N) is 1. The number of methoxy groups -OCH3 is 3. The van der Waals surface area contributed by atoms with Crippen LogP contribution in [0.1, 0.15) is 48.0 Å². The number of benzene rings is 2. The van der Waals surface area contributed by atoms with Crippen molar-refractivity contribution in [2.75, 3.05) is 27.9 Å². The van der Waals surface area contributed by atoms with Gasteiger partial charge in [0.25, 0.3) is 5.91 Å². The zero-order valence-corrected chi connectivity index (χ0v) is 20.9. The molecule has 34 heavy (non-hydrogen) atoms. The Labute approximate surface area is 207 Å². The quantitative estimate of drug-likeness (QED) is 0.527. The maximum absolute atomic E-state index is 13.4. The molecule has 4 rings (SSSR count). The van der Waals surface area contributed by atoms with Gasteiger partial charge in [-0.3, -0.25) is 4.79 Å². The molecule has 2 aromatic rings. The van der Waals surface area contributed by atoms with Gasteiger partial charge in [-0.15, -0.1) is 12.4 Å². The largest absolute Gasteiger partial charge is 0.492 e. The molecule has 7 nitrogen and oxygen atoms in total. The van der Waals surface area contributed by atoms with Gasteiger partial charge in [-0.25, -0.2) is 0 Å². The van der Waals surface area contributed by atoms with Crippen LogP contribution in [0.3, 0.4) is 0 Å². The molecular weight excluding hydrogens is 456 g/mol. The van der Waals surface area contributed by atoms with Gasteiger partial charge in [0.15, 0.2) is 11.5 Å². The van der Waals surface area contributed by atoms with Gasteiger partial charge < -0.3 is 30.0 Å². The van der Waals surface area contributed by atoms with Crippen molar-refractivity contribution in [3.05, 3.63) is 41.5 Å². The Morgan fingerprint density at radius 2 is 1.68 bits per heavy atom. The summed E-state index contributed by atoms with van der Waals surface area (Å²) >= 11 is 0. The molecule has 2 aromatic carbocycles. The van der Waals surface area contributed by atoms with Crippen molar-refractivity contribution in [2.45, 2.75) is 44.6 Å². The zero-order valence-electron chi connectivity index (χ0n) is 20.1. The zero-order chi connectivity index (χ0) is 23.4. The molecule has 0 bridgehead atoms. The number of fused-ring (bicyclic) bond motifs is 1. The first-order valence-electron chi connectivity index (χ1n) is 11.7. The lowest BCUT2D eigenvalue weighted by Crippen LogP contribution is -2.37. The molecular formula is C26H35ClN2O5. The van der Waals surface area contributed by atoms with Crippen molar-refractivity contribution >= 4 is 18.3 Å². The van der Waals surface area contributed by atoms with E-state index in [-0.39, 0.29) is 24.4 Å². The molecule has 0 saturated heterocycles. The van der Waals surface area contributed by atoms with E-state index < -0.39 is 0 Å². The van der Waals surface area contributed by atoms with Crippen molar-refractivity contribution < 1.29 is 23.7 Å². The van der Waals surface area contributed by atoms with E-state index in [0.717, 1.165) is 24.3 Å². The summed E-state index contributed by atoms with van der Waals surface area (Å²) in [5.74, 6) is 3.16. The SMILES string of the molecule is COc1c(Oc2ccc(CCN)cc2)cc(C(=O)N[C@H]2CC[C@@H]3CCC[C@@H]32)c(OC)c1OC.Cl. The van der Waals surface area contributed by atoms with Crippen molar-refractivity contribution in [3.8, 4) is 28.7 Å². The highest BCUT2D eigenvalue weighted by molar-refractivity contribution is 5.99. The van der Waals surface area contributed by atoms with Gasteiger partial charge in [0.1, 0.15) is 5.75 Å². The first kappa shape index (κ1) is 26.0. The maximum atomic E-state index is 13.4. The van der Waals surface area contributed by atoms with E-state index in [0.29, 0.717) is 46.8 Å². The number of carbonyl (C=O) groups is 1. The lowest BCUT2D eigenvalue weighted by Gasteiger charge is -2.22. The standard InChI is InChI=1S/C26H34N2O5.ClH/c1-30-23-20(26(29)28-21-12-9-17-5-4-6-19(17)21)15-22(24(31-2)25(23)32-3)33-18-10-7-16(8-11-18)13-14-27;/h7-8,10-11,15,17,19,21H,4-6,9,12-14,27H2,1-3H3,(H,28,29);1H/t17-,19-,21-;/m0./s1. The summed E-state index contributed by atoms with van der Waals surface area (Å²) in [6.07, 6.45) is 6.73. The van der Waals surface area contributed by atoms with Gasteiger partial charge in [-0.05, 0) is 61.8 Å². The summed E-state index contributed by atoms with van der Waals surface area (Å²) in [6.45, 7) is 0.588. The topological polar surface area (TPSA) is 92.0 Å². The fraction of sp³-hybridized carbons (Fsp3) is 0.500. The van der Waals surface area contributed by atoms with Crippen molar-refractivity contribution in [1.29, 1.82) is 0 Å². The summed E-state index contributed by atoms with van der Waals surface area (Å²) < 4.78 is 22.9. The monoisotopic (exact) mass is 490 g/mol. The summed E-state index contributed by atoms with van der Waals surface area (Å²) in [4.78, 5) is 13.4. The maximum Gasteiger partial charge on any atom is 0.255 e. The first-order chi connectivity index (χ1) is 16.1. The Balaban J connectivity index is 0.00000324. The van der Waals surface area contributed by atoms with Crippen LogP contribution in [-0.2, 0) is 6.42 Å². The minimum atomic E-state index is -0.187. The number of ether oxygens (including phenoxy) is 4. The number of nitrogens with two attached hydrogens (primary N) is 1. The second-order valence-corrected chi connectivity index (χ2v) is 8.82. The highest BCUT2D eigenvalue weighted by Crippen LogP contribution is 2.48. The fourth-order valence-corrected chi connectivity index (χ4v) is 5.43. The van der Waals surface area contributed by atoms with Gasteiger partial charge in [-0.1, -0.05) is 25.0 Å². The van der Waals surface area contributed by atoms with Crippen LogP contribution in [0.5, 0.6) is 28.7 Å². The van der Waals surface area contributed by atoms with Crippen LogP contribution in [0, 0.1) is 11.8 Å². The Morgan fingerprint density at radius 3 is 2.32 bits per heavy atom. The number of carbonyl (C=O) groups excluding carboxylic acids is 1. The van der Waals surface area contributed by atoms with Gasteiger partial charge in [0.2, 0.25) is 11.5 Å². The molecule has 186 valence electrons. The van der Waals surface area contributed by atoms with Gasteiger partial charge in [-0.2, -0.15) is 0 Å². The highest BCUT2D eigenvalue weighted by atomic mass is 35.5. The molecule has 2 saturated carbocycles. The molecule has 1 amide bonds. The number of amides is 1. The lowest BCUT2D eigenvalue weighted by atomic mass is 9.97. The van der Waals surface area contributed by atoms with Gasteiger partial charge in [0, 0.05) is 12.1 Å². The van der Waals surface area contributed by atoms with Gasteiger partial charge >= 0.3 is 0 Å². The molecule has 3 atom stereocenters. The summed E-state index contributed by atoms with van der Waals surface area (Å²) in [6, 6.07) is 9.56. The van der Waals surface area contributed by atoms with Crippen LogP contribution in [0.15, 0.2) is 30.3 Å². The van der Waals surface area contributed by atoms with E-state index in [1.165, 1.54) is 47.0 Å². The van der Waals surface area contributed by atoms with E-state index in [2.05, 4.69) is 5.32 Å². The Kier molecular flexibility index (Phi) is 8.91. The number of rotatable bonds is 9. The highest BCUT2D eigenvalue weighted by Gasteiger charge is 2.40. The first-order valence-corrected chi connectivity index (χ1v) is 11.7. The van der Waals surface area contributed by atoms with Crippen LogP contribution in [0.2, 0.25) is 0 Å². The predicted octanol–water partition coefficient (Wildman–Crippen LogP) is 4.74. The lowest BCUT2D eigenvalue weighted by molar-refractivity contribution is 0.0922. The van der Waals surface area contributed by atoms with E-state index in [9.17, 15) is 4.79 Å². The van der Waals surface area contributed by atoms with Crippen LogP contribution in [0.25, 0.3) is 0 Å². The van der Waals surface area contributed by atoms with Crippen LogP contribution in [0.4, 0.5) is 0 Å². The van der Waals surface area contributed by atoms with Crippen molar-refractivity contribution in [3.63, 3.8) is 0 Å². The number of hydrogen-bond acceptors (Lipinski definition) is 6.